The van der Waals surface area contributed by atoms with Crippen molar-refractivity contribution in [3.05, 3.63) is 71.0 Å². The summed E-state index contributed by atoms with van der Waals surface area (Å²) < 4.78 is 5.51. The molecule has 0 bridgehead atoms. The van der Waals surface area contributed by atoms with Gasteiger partial charge in [-0.25, -0.2) is 0 Å². The lowest BCUT2D eigenvalue weighted by Crippen LogP contribution is -2.31. The third kappa shape index (κ3) is 4.19. The van der Waals surface area contributed by atoms with Gasteiger partial charge in [0.25, 0.3) is 5.91 Å². The van der Waals surface area contributed by atoms with Gasteiger partial charge in [0.2, 0.25) is 0 Å². The first-order chi connectivity index (χ1) is 13.8. The van der Waals surface area contributed by atoms with Gasteiger partial charge in [0.15, 0.2) is 11.5 Å². The van der Waals surface area contributed by atoms with Crippen LogP contribution in [0.3, 0.4) is 0 Å². The molecule has 0 aromatic heterocycles. The van der Waals surface area contributed by atoms with Crippen LogP contribution in [0.15, 0.2) is 59.9 Å². The summed E-state index contributed by atoms with van der Waals surface area (Å²) in [7, 11) is 0. The van der Waals surface area contributed by atoms with Crippen LogP contribution < -0.4 is 9.64 Å². The Hall–Kier alpha value is -3.08. The van der Waals surface area contributed by atoms with Crippen molar-refractivity contribution in [2.45, 2.75) is 40.2 Å². The maximum atomic E-state index is 13.0. The molecule has 152 valence electrons. The van der Waals surface area contributed by atoms with Crippen molar-refractivity contribution in [2.75, 3.05) is 11.5 Å². The Morgan fingerprint density at radius 2 is 1.86 bits per heavy atom. The number of aryl methyl sites for hydroxylation is 1. The van der Waals surface area contributed by atoms with Crippen LogP contribution in [0.5, 0.6) is 5.75 Å². The fourth-order valence-corrected chi connectivity index (χ4v) is 3.64. The van der Waals surface area contributed by atoms with Crippen LogP contribution in [0.4, 0.5) is 5.69 Å². The molecule has 3 rings (SSSR count). The number of anilines is 1. The normalized spacial score (nSPS) is 16.7. The number of hydrogen-bond donors (Lipinski definition) is 1. The van der Waals surface area contributed by atoms with Crippen molar-refractivity contribution in [3.63, 3.8) is 0 Å². The number of aliphatic hydroxyl groups excluding tert-OH is 1. The second-order valence-corrected chi connectivity index (χ2v) is 7.70. The molecule has 0 spiro atoms. The van der Waals surface area contributed by atoms with Gasteiger partial charge in [0.1, 0.15) is 5.75 Å². The molecular formula is C24H27NO4. The van der Waals surface area contributed by atoms with E-state index in [-0.39, 0.29) is 23.7 Å². The Morgan fingerprint density at radius 3 is 2.45 bits per heavy atom. The van der Waals surface area contributed by atoms with Crippen LogP contribution in [-0.4, -0.2) is 23.4 Å². The molecule has 1 aliphatic rings. The van der Waals surface area contributed by atoms with Crippen molar-refractivity contribution in [1.29, 1.82) is 0 Å². The highest BCUT2D eigenvalue weighted by atomic mass is 16.5. The number of carbonyl (C=O) groups excluding carboxylic acids is 2. The van der Waals surface area contributed by atoms with Crippen LogP contribution in [0.1, 0.15) is 44.4 Å². The molecule has 1 amide bonds. The smallest absolute Gasteiger partial charge is 0.294 e. The third-order valence-corrected chi connectivity index (χ3v) is 4.89. The van der Waals surface area contributed by atoms with Gasteiger partial charge in [-0.2, -0.15) is 0 Å². The minimum Gasteiger partial charge on any atom is -0.503 e. The van der Waals surface area contributed by atoms with Crippen LogP contribution >= 0.6 is 0 Å². The minimum atomic E-state index is -0.675. The van der Waals surface area contributed by atoms with Crippen LogP contribution in [0.25, 0.3) is 0 Å². The minimum absolute atomic E-state index is 0.118. The van der Waals surface area contributed by atoms with Gasteiger partial charge in [0.05, 0.1) is 18.2 Å². The largest absolute Gasteiger partial charge is 0.503 e. The Bertz CT molecular complexity index is 944. The highest BCUT2D eigenvalue weighted by Gasteiger charge is 2.44. The molecule has 1 aliphatic heterocycles. The predicted octanol–water partition coefficient (Wildman–Crippen LogP) is 4.91. The lowest BCUT2D eigenvalue weighted by molar-refractivity contribution is -0.118. The van der Waals surface area contributed by atoms with Crippen molar-refractivity contribution in [2.24, 2.45) is 5.92 Å². The maximum Gasteiger partial charge on any atom is 0.294 e. The molecule has 5 nitrogen and oxygen atoms in total. The van der Waals surface area contributed by atoms with Crippen LogP contribution in [0.2, 0.25) is 0 Å². The topological polar surface area (TPSA) is 66.8 Å². The first kappa shape index (κ1) is 20.6. The van der Waals surface area contributed by atoms with Gasteiger partial charge >= 0.3 is 0 Å². The number of nitrogens with zero attached hydrogens (tertiary/aromatic N) is 1. The number of amides is 1. The summed E-state index contributed by atoms with van der Waals surface area (Å²) in [4.78, 5) is 27.5. The Morgan fingerprint density at radius 1 is 1.17 bits per heavy atom. The first-order valence-corrected chi connectivity index (χ1v) is 9.92. The molecule has 1 heterocycles. The van der Waals surface area contributed by atoms with Gasteiger partial charge < -0.3 is 9.84 Å². The molecule has 0 fully saturated rings. The van der Waals surface area contributed by atoms with E-state index in [2.05, 4.69) is 0 Å². The first-order valence-electron chi connectivity index (χ1n) is 9.92. The number of hydrogen-bond acceptors (Lipinski definition) is 4. The molecule has 1 unspecified atom stereocenters. The number of rotatable bonds is 7. The molecule has 5 heteroatoms. The molecule has 0 aliphatic carbocycles. The monoisotopic (exact) mass is 393 g/mol. The highest BCUT2D eigenvalue weighted by molar-refractivity contribution is 6.16. The van der Waals surface area contributed by atoms with E-state index >= 15 is 0 Å². The number of aliphatic hydroxyl groups is 1. The molecule has 2 aromatic carbocycles. The molecule has 29 heavy (non-hydrogen) atoms. The number of ether oxygens (including phenoxy) is 1. The predicted molar refractivity (Wildman–Crippen MR) is 113 cm³/mol. The van der Waals surface area contributed by atoms with Gasteiger partial charge in [-0.1, -0.05) is 38.1 Å². The zero-order chi connectivity index (χ0) is 21.1. The van der Waals surface area contributed by atoms with E-state index in [0.717, 1.165) is 11.1 Å². The summed E-state index contributed by atoms with van der Waals surface area (Å²) in [6, 6.07) is 14.1. The summed E-state index contributed by atoms with van der Waals surface area (Å²) in [6.45, 7) is 8.28. The molecule has 1 N–H and O–H groups in total. The highest BCUT2D eigenvalue weighted by Crippen LogP contribution is 2.42. The summed E-state index contributed by atoms with van der Waals surface area (Å²) in [6.07, 6.45) is 0.266. The second kappa shape index (κ2) is 8.52. The molecule has 2 aromatic rings. The van der Waals surface area contributed by atoms with Crippen molar-refractivity contribution in [3.8, 4) is 5.75 Å². The van der Waals surface area contributed by atoms with Crippen molar-refractivity contribution >= 4 is 17.4 Å². The zero-order valence-corrected chi connectivity index (χ0v) is 17.3. The summed E-state index contributed by atoms with van der Waals surface area (Å²) in [5.74, 6) is -0.393. The molecule has 1 atom stereocenters. The summed E-state index contributed by atoms with van der Waals surface area (Å²) in [5, 5.41) is 10.7. The van der Waals surface area contributed by atoms with E-state index < -0.39 is 17.7 Å². The van der Waals surface area contributed by atoms with Crippen LogP contribution in [-0.2, 0) is 9.59 Å². The lowest BCUT2D eigenvalue weighted by Gasteiger charge is -2.27. The SMILES string of the molecule is CCOc1ccc(C2C(C(=O)CC(C)C)=C(O)C(=O)N2c2cccc(C)c2)cc1. The lowest BCUT2D eigenvalue weighted by atomic mass is 9.92. The molecule has 0 saturated carbocycles. The number of benzene rings is 2. The molecule has 0 saturated heterocycles. The van der Waals surface area contributed by atoms with E-state index in [1.165, 1.54) is 4.90 Å². The van der Waals surface area contributed by atoms with Crippen LogP contribution in [0, 0.1) is 12.8 Å². The maximum absolute atomic E-state index is 13.0. The van der Waals surface area contributed by atoms with Gasteiger partial charge in [-0.05, 0) is 55.2 Å². The summed E-state index contributed by atoms with van der Waals surface area (Å²) in [5.41, 5.74) is 2.55. The molecular weight excluding hydrogens is 366 g/mol. The van der Waals surface area contributed by atoms with Crippen molar-refractivity contribution in [1.82, 2.24) is 0 Å². The summed E-state index contributed by atoms with van der Waals surface area (Å²) >= 11 is 0. The van der Waals surface area contributed by atoms with E-state index in [4.69, 9.17) is 4.74 Å². The quantitative estimate of drug-likeness (QED) is 0.726. The van der Waals surface area contributed by atoms with Gasteiger partial charge in [0, 0.05) is 12.1 Å². The Balaban J connectivity index is 2.11. The average Bonchev–Trinajstić information content (AvgIpc) is 2.93. The average molecular weight is 393 g/mol. The second-order valence-electron chi connectivity index (χ2n) is 7.70. The van der Waals surface area contributed by atoms with Gasteiger partial charge in [-0.15, -0.1) is 0 Å². The van der Waals surface area contributed by atoms with Gasteiger partial charge in [-0.3, -0.25) is 14.5 Å². The fraction of sp³-hybridized carbons (Fsp3) is 0.333. The zero-order valence-electron chi connectivity index (χ0n) is 17.3. The van der Waals surface area contributed by atoms with E-state index in [1.807, 2.05) is 76.2 Å². The molecule has 0 radical (unpaired) electrons. The van der Waals surface area contributed by atoms with E-state index in [1.54, 1.807) is 0 Å². The number of ketones is 1. The Labute approximate surface area is 171 Å². The van der Waals surface area contributed by atoms with E-state index in [9.17, 15) is 14.7 Å². The van der Waals surface area contributed by atoms with E-state index in [0.29, 0.717) is 18.0 Å². The van der Waals surface area contributed by atoms with Crippen molar-refractivity contribution < 1.29 is 19.4 Å². The fourth-order valence-electron chi connectivity index (χ4n) is 3.64. The number of carbonyl (C=O) groups is 2. The standard InChI is InChI=1S/C24H27NO4/c1-5-29-19-11-9-17(10-12-19)22-21(20(26)13-15(2)3)23(27)24(28)25(22)18-8-6-7-16(4)14-18/h6-12,14-15,22,27H,5,13H2,1-4H3. The third-order valence-electron chi connectivity index (χ3n) is 4.89. The Kier molecular flexibility index (Phi) is 6.06. The number of Topliss-reactive ketones (excluding diaryl/α,β-unsaturated/α-hetero) is 1.